The van der Waals surface area contributed by atoms with E-state index in [-0.39, 0.29) is 5.82 Å². The standard InChI is InChI=1S/C14H15FN2O2/c1-2-3-8-19-14(18)13-9-16-10-17(13)12-6-4-11(15)5-7-12/h4-7,9-10H,2-3,8H2,1H3. The van der Waals surface area contributed by atoms with Crippen molar-refractivity contribution in [2.75, 3.05) is 6.61 Å². The molecule has 1 aromatic carbocycles. The fourth-order valence-electron chi connectivity index (χ4n) is 1.64. The monoisotopic (exact) mass is 262 g/mol. The first-order chi connectivity index (χ1) is 9.22. The number of rotatable bonds is 5. The number of hydrogen-bond donors (Lipinski definition) is 0. The van der Waals surface area contributed by atoms with Gasteiger partial charge in [0.2, 0.25) is 0 Å². The summed E-state index contributed by atoms with van der Waals surface area (Å²) < 4.78 is 19.6. The van der Waals surface area contributed by atoms with Gasteiger partial charge in [0.1, 0.15) is 5.82 Å². The van der Waals surface area contributed by atoms with Crippen LogP contribution in [0, 0.1) is 5.82 Å². The van der Waals surface area contributed by atoms with Gasteiger partial charge in [-0.05, 0) is 30.7 Å². The number of carbonyl (C=O) groups is 1. The van der Waals surface area contributed by atoms with Gasteiger partial charge in [0, 0.05) is 5.69 Å². The lowest BCUT2D eigenvalue weighted by molar-refractivity contribution is 0.0490. The van der Waals surface area contributed by atoms with E-state index in [2.05, 4.69) is 4.98 Å². The van der Waals surface area contributed by atoms with E-state index in [0.717, 1.165) is 12.8 Å². The van der Waals surface area contributed by atoms with Gasteiger partial charge in [-0.15, -0.1) is 0 Å². The van der Waals surface area contributed by atoms with Crippen molar-refractivity contribution < 1.29 is 13.9 Å². The molecule has 2 aromatic rings. The van der Waals surface area contributed by atoms with Crippen LogP contribution in [0.5, 0.6) is 0 Å². The topological polar surface area (TPSA) is 44.1 Å². The Labute approximate surface area is 110 Å². The Hall–Kier alpha value is -2.17. The molecular weight excluding hydrogens is 247 g/mol. The molecule has 19 heavy (non-hydrogen) atoms. The van der Waals surface area contributed by atoms with Crippen molar-refractivity contribution in [3.05, 3.63) is 48.3 Å². The molecule has 0 radical (unpaired) electrons. The number of unbranched alkanes of at least 4 members (excludes halogenated alkanes) is 1. The van der Waals surface area contributed by atoms with Crippen molar-refractivity contribution >= 4 is 5.97 Å². The number of esters is 1. The highest BCUT2D eigenvalue weighted by Crippen LogP contribution is 2.13. The lowest BCUT2D eigenvalue weighted by atomic mass is 10.3. The van der Waals surface area contributed by atoms with Crippen molar-refractivity contribution in [3.63, 3.8) is 0 Å². The summed E-state index contributed by atoms with van der Waals surface area (Å²) in [4.78, 5) is 15.8. The molecule has 0 amide bonds. The van der Waals surface area contributed by atoms with Gasteiger partial charge in [0.05, 0.1) is 19.1 Å². The number of imidazole rings is 1. The highest BCUT2D eigenvalue weighted by Gasteiger charge is 2.14. The molecule has 0 fully saturated rings. The van der Waals surface area contributed by atoms with Crippen molar-refractivity contribution in [1.29, 1.82) is 0 Å². The zero-order valence-corrected chi connectivity index (χ0v) is 10.7. The second-order valence-electron chi connectivity index (χ2n) is 4.11. The van der Waals surface area contributed by atoms with Crippen molar-refractivity contribution in [2.45, 2.75) is 19.8 Å². The summed E-state index contributed by atoms with van der Waals surface area (Å²) in [5.41, 5.74) is 1.00. The zero-order chi connectivity index (χ0) is 13.7. The van der Waals surface area contributed by atoms with E-state index in [1.165, 1.54) is 24.7 Å². The molecule has 0 unspecified atom stereocenters. The molecule has 0 atom stereocenters. The third-order valence-electron chi connectivity index (χ3n) is 2.68. The first-order valence-electron chi connectivity index (χ1n) is 6.17. The molecule has 0 aliphatic heterocycles. The smallest absolute Gasteiger partial charge is 0.356 e. The van der Waals surface area contributed by atoms with E-state index in [1.807, 2.05) is 6.92 Å². The van der Waals surface area contributed by atoms with Crippen LogP contribution in [0.25, 0.3) is 5.69 Å². The van der Waals surface area contributed by atoms with Gasteiger partial charge in [-0.2, -0.15) is 0 Å². The molecule has 0 saturated heterocycles. The minimum atomic E-state index is -0.421. The second kappa shape index (κ2) is 6.13. The van der Waals surface area contributed by atoms with Gasteiger partial charge in [-0.1, -0.05) is 13.3 Å². The summed E-state index contributed by atoms with van der Waals surface area (Å²) in [5.74, 6) is -0.744. The van der Waals surface area contributed by atoms with Crippen LogP contribution in [0.2, 0.25) is 0 Å². The molecule has 0 saturated carbocycles. The molecule has 4 nitrogen and oxygen atoms in total. The van der Waals surface area contributed by atoms with Gasteiger partial charge in [-0.25, -0.2) is 14.2 Å². The maximum atomic E-state index is 12.9. The highest BCUT2D eigenvalue weighted by atomic mass is 19.1. The van der Waals surface area contributed by atoms with Crippen molar-refractivity contribution in [3.8, 4) is 5.69 Å². The van der Waals surface area contributed by atoms with Crippen molar-refractivity contribution in [1.82, 2.24) is 9.55 Å². The first-order valence-corrected chi connectivity index (χ1v) is 6.17. The average Bonchev–Trinajstić information content (AvgIpc) is 2.89. The van der Waals surface area contributed by atoms with Crippen LogP contribution in [0.3, 0.4) is 0 Å². The minimum absolute atomic E-state index is 0.323. The molecule has 1 aromatic heterocycles. The predicted molar refractivity (Wildman–Crippen MR) is 68.7 cm³/mol. The molecule has 0 N–H and O–H groups in total. The predicted octanol–water partition coefficient (Wildman–Crippen LogP) is 2.97. The van der Waals surface area contributed by atoms with E-state index >= 15 is 0 Å². The molecular formula is C14H15FN2O2. The number of hydrogen-bond acceptors (Lipinski definition) is 3. The normalized spacial score (nSPS) is 10.4. The summed E-state index contributed by atoms with van der Waals surface area (Å²) >= 11 is 0. The Morgan fingerprint density at radius 1 is 1.37 bits per heavy atom. The molecule has 0 aliphatic carbocycles. The molecule has 1 heterocycles. The number of ether oxygens (including phenoxy) is 1. The quantitative estimate of drug-likeness (QED) is 0.614. The van der Waals surface area contributed by atoms with Crippen LogP contribution in [-0.4, -0.2) is 22.1 Å². The van der Waals surface area contributed by atoms with E-state index in [9.17, 15) is 9.18 Å². The van der Waals surface area contributed by atoms with Crippen LogP contribution >= 0.6 is 0 Å². The van der Waals surface area contributed by atoms with E-state index in [0.29, 0.717) is 18.0 Å². The van der Waals surface area contributed by atoms with E-state index in [4.69, 9.17) is 4.74 Å². The van der Waals surface area contributed by atoms with Gasteiger partial charge in [0.25, 0.3) is 0 Å². The summed E-state index contributed by atoms with van der Waals surface area (Å²) in [6.45, 7) is 2.42. The Morgan fingerprint density at radius 3 is 2.79 bits per heavy atom. The highest BCUT2D eigenvalue weighted by molar-refractivity contribution is 5.88. The maximum absolute atomic E-state index is 12.9. The van der Waals surface area contributed by atoms with Crippen LogP contribution in [-0.2, 0) is 4.74 Å². The fraction of sp³-hybridized carbons (Fsp3) is 0.286. The Kier molecular flexibility index (Phi) is 4.28. The van der Waals surface area contributed by atoms with Gasteiger partial charge in [0.15, 0.2) is 5.69 Å². The molecule has 5 heteroatoms. The van der Waals surface area contributed by atoms with Crippen LogP contribution < -0.4 is 0 Å². The summed E-state index contributed by atoms with van der Waals surface area (Å²) in [6.07, 6.45) is 4.74. The number of nitrogens with zero attached hydrogens (tertiary/aromatic N) is 2. The first kappa shape index (κ1) is 13.3. The van der Waals surface area contributed by atoms with Crippen LogP contribution in [0.1, 0.15) is 30.3 Å². The number of halogens is 1. The summed E-state index contributed by atoms with van der Waals surface area (Å²) in [6, 6.07) is 5.84. The van der Waals surface area contributed by atoms with Crippen molar-refractivity contribution in [2.24, 2.45) is 0 Å². The molecule has 0 spiro atoms. The number of benzene rings is 1. The van der Waals surface area contributed by atoms with E-state index in [1.54, 1.807) is 16.7 Å². The molecule has 0 aliphatic rings. The average molecular weight is 262 g/mol. The molecule has 2 rings (SSSR count). The van der Waals surface area contributed by atoms with Crippen LogP contribution in [0.15, 0.2) is 36.8 Å². The van der Waals surface area contributed by atoms with Gasteiger partial charge in [-0.3, -0.25) is 4.57 Å². The fourth-order valence-corrected chi connectivity index (χ4v) is 1.64. The SMILES string of the molecule is CCCCOC(=O)c1cncn1-c1ccc(F)cc1. The lowest BCUT2D eigenvalue weighted by Crippen LogP contribution is -2.11. The largest absolute Gasteiger partial charge is 0.461 e. The molecule has 0 bridgehead atoms. The maximum Gasteiger partial charge on any atom is 0.356 e. The Morgan fingerprint density at radius 2 is 2.11 bits per heavy atom. The number of aromatic nitrogens is 2. The summed E-state index contributed by atoms with van der Waals surface area (Å²) in [7, 11) is 0. The van der Waals surface area contributed by atoms with Gasteiger partial charge < -0.3 is 4.74 Å². The van der Waals surface area contributed by atoms with E-state index < -0.39 is 5.97 Å². The molecule has 100 valence electrons. The second-order valence-corrected chi connectivity index (χ2v) is 4.11. The van der Waals surface area contributed by atoms with Crippen LogP contribution in [0.4, 0.5) is 4.39 Å². The zero-order valence-electron chi connectivity index (χ0n) is 10.7. The summed E-state index contributed by atoms with van der Waals surface area (Å²) in [5, 5.41) is 0. The number of carbonyl (C=O) groups excluding carboxylic acids is 1. The third kappa shape index (κ3) is 3.19. The Balaban J connectivity index is 2.17. The third-order valence-corrected chi connectivity index (χ3v) is 2.68. The lowest BCUT2D eigenvalue weighted by Gasteiger charge is -2.08. The minimum Gasteiger partial charge on any atom is -0.461 e. The van der Waals surface area contributed by atoms with Gasteiger partial charge >= 0.3 is 5.97 Å². The Bertz CT molecular complexity index is 549.